The summed E-state index contributed by atoms with van der Waals surface area (Å²) in [4.78, 5) is 11.3. The number of aliphatic carboxylic acids is 1. The average Bonchev–Trinajstić information content (AvgIpc) is 2.50. The van der Waals surface area contributed by atoms with Crippen LogP contribution in [-0.2, 0) is 4.79 Å². The monoisotopic (exact) mass is 347 g/mol. The lowest BCUT2D eigenvalue weighted by molar-refractivity contribution is -0.885. The highest BCUT2D eigenvalue weighted by molar-refractivity contribution is 8.78. The van der Waals surface area contributed by atoms with Gasteiger partial charge in [-0.25, -0.2) is 0 Å². The van der Waals surface area contributed by atoms with Gasteiger partial charge in [0.25, 0.3) is 0 Å². The van der Waals surface area contributed by atoms with Gasteiger partial charge in [0.15, 0.2) is 5.03 Å². The van der Waals surface area contributed by atoms with Crippen molar-refractivity contribution in [1.29, 1.82) is 0 Å². The summed E-state index contributed by atoms with van der Waals surface area (Å²) in [7, 11) is 2.63. The maximum atomic E-state index is 11.8. The first-order valence-electron chi connectivity index (χ1n) is 7.29. The molecular weight excluding hydrogens is 326 g/mol. The summed E-state index contributed by atoms with van der Waals surface area (Å²) >= 11 is 0. The second-order valence-corrected chi connectivity index (χ2v) is 7.66. The molecule has 1 fully saturated rings. The fourth-order valence-electron chi connectivity index (χ4n) is 2.36. The molecular formula is C13H21N3O4S2. The smallest absolute Gasteiger partial charge is 0.321 e. The van der Waals surface area contributed by atoms with Gasteiger partial charge in [0.1, 0.15) is 18.8 Å². The van der Waals surface area contributed by atoms with Gasteiger partial charge >= 0.3 is 5.97 Å². The van der Waals surface area contributed by atoms with Crippen molar-refractivity contribution in [3.8, 4) is 0 Å². The Hall–Kier alpha value is -0.550. The number of rotatable bonds is 7. The zero-order valence-corrected chi connectivity index (χ0v) is 13.8. The third kappa shape index (κ3) is 5.27. The molecule has 1 saturated heterocycles. The van der Waals surface area contributed by atoms with Crippen LogP contribution in [-0.4, -0.2) is 42.1 Å². The molecule has 0 radical (unpaired) electrons. The van der Waals surface area contributed by atoms with E-state index in [4.69, 9.17) is 0 Å². The maximum absolute atomic E-state index is 11.8. The first-order chi connectivity index (χ1) is 10.6. The molecule has 0 amide bonds. The predicted octanol–water partition coefficient (Wildman–Crippen LogP) is -0.903. The number of hydroxylamine groups is 4. The highest BCUT2D eigenvalue weighted by atomic mass is 33.1. The van der Waals surface area contributed by atoms with Crippen molar-refractivity contribution in [3.05, 3.63) is 33.7 Å². The van der Waals surface area contributed by atoms with Crippen LogP contribution >= 0.6 is 21.6 Å². The number of carboxylic acids is 1. The zero-order valence-electron chi connectivity index (χ0n) is 12.1. The molecule has 22 heavy (non-hydrogen) atoms. The van der Waals surface area contributed by atoms with Crippen LogP contribution in [0.4, 0.5) is 0 Å². The highest BCUT2D eigenvalue weighted by Gasteiger charge is 2.27. The van der Waals surface area contributed by atoms with Gasteiger partial charge in [-0.05, 0) is 18.9 Å². The topological polar surface area (TPSA) is 104 Å². The molecule has 0 aromatic rings. The average molecular weight is 347 g/mol. The lowest BCUT2D eigenvalue weighted by atomic mass is 10.1. The second-order valence-electron chi connectivity index (χ2n) is 5.28. The summed E-state index contributed by atoms with van der Waals surface area (Å²) in [6.45, 7) is 0.927. The normalized spacial score (nSPS) is 29.9. The van der Waals surface area contributed by atoms with E-state index >= 15 is 0 Å². The van der Waals surface area contributed by atoms with Crippen LogP contribution in [0.15, 0.2) is 23.3 Å². The van der Waals surface area contributed by atoms with E-state index in [9.17, 15) is 20.3 Å². The summed E-state index contributed by atoms with van der Waals surface area (Å²) in [6, 6.07) is -0.778. The molecule has 2 heterocycles. The first-order valence-corrected chi connectivity index (χ1v) is 9.61. The van der Waals surface area contributed by atoms with Crippen LogP contribution in [0.3, 0.4) is 0 Å². The summed E-state index contributed by atoms with van der Waals surface area (Å²) in [5.74, 6) is -0.659. The van der Waals surface area contributed by atoms with E-state index in [1.165, 1.54) is 21.6 Å². The minimum Gasteiger partial charge on any atom is -0.633 e. The number of quaternary nitrogens is 2. The van der Waals surface area contributed by atoms with Crippen molar-refractivity contribution >= 4 is 27.6 Å². The van der Waals surface area contributed by atoms with Crippen LogP contribution in [0, 0.1) is 10.4 Å². The molecule has 4 atom stereocenters. The molecule has 0 spiro atoms. The fraction of sp³-hybridized carbons (Fsp3) is 0.615. The third-order valence-electron chi connectivity index (χ3n) is 3.60. The molecule has 0 aliphatic carbocycles. The molecule has 0 bridgehead atoms. The van der Waals surface area contributed by atoms with E-state index in [0.29, 0.717) is 30.3 Å². The third-order valence-corrected chi connectivity index (χ3v) is 6.03. The van der Waals surface area contributed by atoms with Crippen LogP contribution in [0.2, 0.25) is 0 Å². The Morgan fingerprint density at radius 2 is 2.32 bits per heavy atom. The predicted molar refractivity (Wildman–Crippen MR) is 87.9 cm³/mol. The molecule has 124 valence electrons. The number of piperidine rings is 1. The van der Waals surface area contributed by atoms with E-state index in [-0.39, 0.29) is 16.3 Å². The van der Waals surface area contributed by atoms with Gasteiger partial charge < -0.3 is 25.6 Å². The van der Waals surface area contributed by atoms with Crippen molar-refractivity contribution in [2.24, 2.45) is 0 Å². The quantitative estimate of drug-likeness (QED) is 0.349. The minimum atomic E-state index is -0.963. The number of nitrogens with one attached hydrogen (secondary N) is 3. The second kappa shape index (κ2) is 8.92. The van der Waals surface area contributed by atoms with Crippen LogP contribution in [0.5, 0.6) is 0 Å². The van der Waals surface area contributed by atoms with Crippen LogP contribution in [0.1, 0.15) is 19.3 Å². The minimum absolute atomic E-state index is 0.0577. The van der Waals surface area contributed by atoms with E-state index in [1.54, 1.807) is 12.2 Å². The SMILES string of the molecule is O=C(O)C(CSSC1=CC=CC[NH+]1[O-])NC1CCCC[NH+]1[O-]. The van der Waals surface area contributed by atoms with Crippen molar-refractivity contribution < 1.29 is 20.0 Å². The van der Waals surface area contributed by atoms with E-state index in [0.717, 1.165) is 12.8 Å². The lowest BCUT2D eigenvalue weighted by Gasteiger charge is -2.37. The van der Waals surface area contributed by atoms with Crippen LogP contribution < -0.4 is 15.4 Å². The summed E-state index contributed by atoms with van der Waals surface area (Å²) < 4.78 is 0. The Bertz CT molecular complexity index is 447. The molecule has 9 heteroatoms. The summed E-state index contributed by atoms with van der Waals surface area (Å²) in [6.07, 6.45) is 7.57. The Morgan fingerprint density at radius 3 is 3.00 bits per heavy atom. The van der Waals surface area contributed by atoms with Crippen molar-refractivity contribution in [1.82, 2.24) is 5.32 Å². The van der Waals surface area contributed by atoms with Gasteiger partial charge in [0.05, 0.1) is 6.54 Å². The fourth-order valence-corrected chi connectivity index (χ4v) is 4.68. The molecule has 2 aliphatic rings. The van der Waals surface area contributed by atoms with E-state index in [2.05, 4.69) is 5.32 Å². The van der Waals surface area contributed by atoms with Crippen molar-refractivity contribution in [2.75, 3.05) is 18.8 Å². The molecule has 0 aromatic heterocycles. The summed E-state index contributed by atoms with van der Waals surface area (Å²) in [5.41, 5.74) is 0. The number of carboxylic acid groups (broad SMARTS) is 1. The Labute approximate surface area is 137 Å². The maximum Gasteiger partial charge on any atom is 0.321 e. The molecule has 0 aromatic carbocycles. The highest BCUT2D eigenvalue weighted by Crippen LogP contribution is 2.28. The van der Waals surface area contributed by atoms with Gasteiger partial charge in [-0.2, -0.15) is 0 Å². The molecule has 2 aliphatic heterocycles. The number of hydrogen-bond acceptors (Lipinski definition) is 6. The molecule has 2 rings (SSSR count). The van der Waals surface area contributed by atoms with Gasteiger partial charge in [-0.15, -0.1) is 0 Å². The van der Waals surface area contributed by atoms with Crippen molar-refractivity contribution in [2.45, 2.75) is 31.5 Å². The standard InChI is InChI=1S/C13H21N3O4S2/c17-13(18)10(14-11-5-1-3-7-15(11)19)9-21-22-12-6-2-4-8-16(12)20/h2,4,6,10-11,14-16H,1,3,5,7-9H2,(H,17,18). The Morgan fingerprint density at radius 1 is 1.50 bits per heavy atom. The van der Waals surface area contributed by atoms with E-state index in [1.807, 2.05) is 6.08 Å². The van der Waals surface area contributed by atoms with Crippen LogP contribution in [0.25, 0.3) is 0 Å². The van der Waals surface area contributed by atoms with Gasteiger partial charge in [0.2, 0.25) is 0 Å². The number of allylic oxidation sites excluding steroid dienone is 2. The molecule has 7 nitrogen and oxygen atoms in total. The largest absolute Gasteiger partial charge is 0.633 e. The van der Waals surface area contributed by atoms with E-state index < -0.39 is 12.0 Å². The lowest BCUT2D eigenvalue weighted by Crippen LogP contribution is -3.14. The Kier molecular flexibility index (Phi) is 7.22. The molecule has 4 unspecified atom stereocenters. The number of hydrogen-bond donors (Lipinski definition) is 4. The molecule has 4 N–H and O–H groups in total. The number of carbonyl (C=O) groups is 1. The zero-order chi connectivity index (χ0) is 15.9. The molecule has 0 saturated carbocycles. The van der Waals surface area contributed by atoms with Gasteiger partial charge in [-0.1, -0.05) is 16.9 Å². The first kappa shape index (κ1) is 17.8. The van der Waals surface area contributed by atoms with Crippen molar-refractivity contribution in [3.63, 3.8) is 0 Å². The Balaban J connectivity index is 1.80. The summed E-state index contributed by atoms with van der Waals surface area (Å²) in [5, 5.41) is 36.5. The van der Waals surface area contributed by atoms with Gasteiger partial charge in [-0.3, -0.25) is 10.1 Å². The van der Waals surface area contributed by atoms with Gasteiger partial charge in [0, 0.05) is 29.0 Å².